The minimum atomic E-state index is -1.32. The summed E-state index contributed by atoms with van der Waals surface area (Å²) >= 11 is 0. The Morgan fingerprint density at radius 1 is 1.04 bits per heavy atom. The van der Waals surface area contributed by atoms with E-state index in [1.54, 1.807) is 0 Å². The Morgan fingerprint density at radius 2 is 1.68 bits per heavy atom. The van der Waals surface area contributed by atoms with Gasteiger partial charge in [-0.2, -0.15) is 0 Å². The number of hydrogen-bond donors (Lipinski definition) is 0. The molecular weight excluding hydrogens is 358 g/mol. The largest absolute Gasteiger partial charge is 0.369 e. The molecule has 2 fully saturated rings. The van der Waals surface area contributed by atoms with Crippen LogP contribution in [0.25, 0.3) is 0 Å². The molecule has 2 aliphatic rings. The summed E-state index contributed by atoms with van der Waals surface area (Å²) in [6, 6.07) is 15.1. The van der Waals surface area contributed by atoms with Crippen molar-refractivity contribution in [2.24, 2.45) is 5.92 Å². The lowest BCUT2D eigenvalue weighted by atomic mass is 9.71. The first kappa shape index (κ1) is 21.6. The number of ether oxygens (including phenoxy) is 1. The molecule has 3 heteroatoms. The molecule has 0 N–H and O–H groups in total. The van der Waals surface area contributed by atoms with E-state index in [1.165, 1.54) is 68.9 Å². The van der Waals surface area contributed by atoms with Gasteiger partial charge in [0.25, 0.3) is 0 Å². The van der Waals surface area contributed by atoms with E-state index < -0.39 is 8.07 Å². The van der Waals surface area contributed by atoms with E-state index in [0.29, 0.717) is 12.5 Å². The Bertz CT molecular complexity index is 638. The number of rotatable bonds is 8. The van der Waals surface area contributed by atoms with E-state index in [9.17, 15) is 0 Å². The van der Waals surface area contributed by atoms with Gasteiger partial charge in [0.05, 0.1) is 6.61 Å². The van der Waals surface area contributed by atoms with Gasteiger partial charge in [-0.3, -0.25) is 4.90 Å². The van der Waals surface area contributed by atoms with Crippen molar-refractivity contribution in [1.29, 1.82) is 0 Å². The Balaban J connectivity index is 1.50. The normalized spacial score (nSPS) is 25.6. The minimum Gasteiger partial charge on any atom is -0.369 e. The molecule has 0 unspecified atom stereocenters. The van der Waals surface area contributed by atoms with E-state index in [1.807, 2.05) is 0 Å². The van der Waals surface area contributed by atoms with Gasteiger partial charge in [-0.1, -0.05) is 57.0 Å². The molecule has 0 radical (unpaired) electrons. The molecule has 1 aromatic carbocycles. The molecule has 0 atom stereocenters. The van der Waals surface area contributed by atoms with Crippen LogP contribution in [-0.2, 0) is 10.3 Å². The molecule has 0 spiro atoms. The van der Waals surface area contributed by atoms with Crippen LogP contribution in [-0.4, -0.2) is 39.3 Å². The first-order chi connectivity index (χ1) is 13.7. The highest BCUT2D eigenvalue weighted by Crippen LogP contribution is 2.46. The van der Waals surface area contributed by atoms with Crippen molar-refractivity contribution < 1.29 is 4.74 Å². The standard InChI is InChI=1S/C25H39NOSi/c1-4-28(5-2,6-3)21-11-20-27-22-23-14-16-25(17-15-23,26-18-10-19-26)24-12-8-7-9-13-24/h7-9,12-13,23H,4-6,10,14-20,22H2,1-3H3. The van der Waals surface area contributed by atoms with Crippen molar-refractivity contribution in [3.05, 3.63) is 35.9 Å². The fourth-order valence-corrected chi connectivity index (χ4v) is 7.59. The van der Waals surface area contributed by atoms with Crippen LogP contribution in [0.5, 0.6) is 0 Å². The Kier molecular flexibility index (Phi) is 7.80. The first-order valence-electron chi connectivity index (χ1n) is 11.6. The summed E-state index contributed by atoms with van der Waals surface area (Å²) in [7, 11) is -1.32. The highest BCUT2D eigenvalue weighted by molar-refractivity contribution is 6.87. The fraction of sp³-hybridized carbons (Fsp3) is 0.680. The van der Waals surface area contributed by atoms with Gasteiger partial charge in [-0.15, -0.1) is 5.54 Å². The Morgan fingerprint density at radius 3 is 2.21 bits per heavy atom. The molecular formula is C25H39NOSi. The van der Waals surface area contributed by atoms with Gasteiger partial charge < -0.3 is 4.74 Å². The van der Waals surface area contributed by atoms with Gasteiger partial charge in [0.1, 0.15) is 14.7 Å². The number of likely N-dealkylation sites (tertiary alicyclic amines) is 1. The molecule has 0 amide bonds. The maximum Gasteiger partial charge on any atom is 0.137 e. The maximum atomic E-state index is 6.01. The molecule has 154 valence electrons. The van der Waals surface area contributed by atoms with Crippen molar-refractivity contribution in [2.75, 3.05) is 26.3 Å². The highest BCUT2D eigenvalue weighted by Gasteiger charge is 2.43. The van der Waals surface area contributed by atoms with Crippen LogP contribution >= 0.6 is 0 Å². The zero-order chi connectivity index (χ0) is 19.9. The molecule has 28 heavy (non-hydrogen) atoms. The van der Waals surface area contributed by atoms with Crippen molar-refractivity contribution in [3.8, 4) is 11.5 Å². The van der Waals surface area contributed by atoms with Crippen LogP contribution in [0.4, 0.5) is 0 Å². The zero-order valence-electron chi connectivity index (χ0n) is 18.3. The second-order valence-electron chi connectivity index (χ2n) is 8.84. The maximum absolute atomic E-state index is 6.01. The summed E-state index contributed by atoms with van der Waals surface area (Å²) in [4.78, 5) is 2.73. The molecule has 1 saturated heterocycles. The summed E-state index contributed by atoms with van der Waals surface area (Å²) in [5.74, 6) is 4.08. The van der Waals surface area contributed by atoms with Crippen molar-refractivity contribution >= 4 is 8.07 Å². The molecule has 3 rings (SSSR count). The quantitative estimate of drug-likeness (QED) is 0.310. The average Bonchev–Trinajstić information content (AvgIpc) is 2.72. The van der Waals surface area contributed by atoms with Gasteiger partial charge in [-0.25, -0.2) is 0 Å². The topological polar surface area (TPSA) is 12.5 Å². The predicted octanol–water partition coefficient (Wildman–Crippen LogP) is 5.85. The molecule has 1 aromatic rings. The Hall–Kier alpha value is -1.08. The fourth-order valence-electron chi connectivity index (χ4n) is 5.12. The second-order valence-corrected chi connectivity index (χ2v) is 13.8. The molecule has 1 heterocycles. The SMILES string of the molecule is CC[Si](C#CCOCC1CCC(c2ccccc2)(N2CCC2)CC1)(CC)CC. The van der Waals surface area contributed by atoms with Gasteiger partial charge >= 0.3 is 0 Å². The van der Waals surface area contributed by atoms with Gasteiger partial charge in [0, 0.05) is 18.6 Å². The van der Waals surface area contributed by atoms with Crippen LogP contribution in [0.15, 0.2) is 30.3 Å². The third-order valence-corrected chi connectivity index (χ3v) is 12.4. The lowest BCUT2D eigenvalue weighted by Gasteiger charge is -2.52. The minimum absolute atomic E-state index is 0.282. The number of benzene rings is 1. The molecule has 0 bridgehead atoms. The summed E-state index contributed by atoms with van der Waals surface area (Å²) in [5, 5.41) is 0. The van der Waals surface area contributed by atoms with Crippen molar-refractivity contribution in [2.45, 2.75) is 76.5 Å². The summed E-state index contributed by atoms with van der Waals surface area (Å²) < 4.78 is 6.01. The Labute approximate surface area is 174 Å². The van der Waals surface area contributed by atoms with Crippen molar-refractivity contribution in [1.82, 2.24) is 4.90 Å². The third kappa shape index (κ3) is 4.73. The molecule has 1 aliphatic heterocycles. The predicted molar refractivity (Wildman–Crippen MR) is 122 cm³/mol. The number of hydrogen-bond acceptors (Lipinski definition) is 2. The zero-order valence-corrected chi connectivity index (χ0v) is 19.3. The van der Waals surface area contributed by atoms with Gasteiger partial charge in [-0.05, 0) is 61.7 Å². The third-order valence-electron chi connectivity index (χ3n) is 7.62. The summed E-state index contributed by atoms with van der Waals surface area (Å²) in [5.41, 5.74) is 5.45. The second kappa shape index (κ2) is 10.1. The van der Waals surface area contributed by atoms with E-state index in [4.69, 9.17) is 4.74 Å². The lowest BCUT2D eigenvalue weighted by Crippen LogP contribution is -2.54. The average molecular weight is 398 g/mol. The van der Waals surface area contributed by atoms with E-state index in [2.05, 4.69) is 67.5 Å². The molecule has 0 aromatic heterocycles. The molecule has 2 nitrogen and oxygen atoms in total. The smallest absolute Gasteiger partial charge is 0.137 e. The van der Waals surface area contributed by atoms with Crippen LogP contribution in [0.3, 0.4) is 0 Å². The molecule has 1 aliphatic carbocycles. The van der Waals surface area contributed by atoms with E-state index in [0.717, 1.165) is 6.61 Å². The van der Waals surface area contributed by atoms with E-state index in [-0.39, 0.29) is 5.54 Å². The van der Waals surface area contributed by atoms with Crippen LogP contribution in [0, 0.1) is 17.4 Å². The van der Waals surface area contributed by atoms with E-state index >= 15 is 0 Å². The van der Waals surface area contributed by atoms with Crippen LogP contribution in [0.2, 0.25) is 18.1 Å². The number of nitrogens with zero attached hydrogens (tertiary/aromatic N) is 1. The van der Waals surface area contributed by atoms with Crippen LogP contribution < -0.4 is 0 Å². The summed E-state index contributed by atoms with van der Waals surface area (Å²) in [6.45, 7) is 11.0. The monoisotopic (exact) mass is 397 g/mol. The van der Waals surface area contributed by atoms with Gasteiger partial charge in [0.2, 0.25) is 0 Å². The van der Waals surface area contributed by atoms with Gasteiger partial charge in [0.15, 0.2) is 0 Å². The molecule has 1 saturated carbocycles. The highest BCUT2D eigenvalue weighted by atomic mass is 28.3. The first-order valence-corrected chi connectivity index (χ1v) is 14.2. The summed E-state index contributed by atoms with van der Waals surface area (Å²) in [6.07, 6.45) is 6.45. The van der Waals surface area contributed by atoms with Crippen LogP contribution in [0.1, 0.15) is 58.4 Å². The lowest BCUT2D eigenvalue weighted by molar-refractivity contribution is -0.0233. The van der Waals surface area contributed by atoms with Crippen molar-refractivity contribution in [3.63, 3.8) is 0 Å².